The van der Waals surface area contributed by atoms with Gasteiger partial charge in [0.1, 0.15) is 0 Å². The van der Waals surface area contributed by atoms with Crippen LogP contribution in [-0.4, -0.2) is 21.4 Å². The summed E-state index contributed by atoms with van der Waals surface area (Å²) in [6.07, 6.45) is 0. The maximum absolute atomic E-state index is 11.0. The van der Waals surface area contributed by atoms with Crippen molar-refractivity contribution >= 4 is 17.7 Å². The zero-order valence-electron chi connectivity index (χ0n) is 12.6. The average molecular weight is 305 g/mol. The number of primary amides is 1. The minimum Gasteiger partial charge on any atom is -0.411 e. The van der Waals surface area contributed by atoms with Crippen molar-refractivity contribution < 1.29 is 9.21 Å². The van der Waals surface area contributed by atoms with E-state index < -0.39 is 11.2 Å². The SMILES string of the molecule is C[C@@H](Sc1nnc(-c2ccc(C(C)(C)C)cc2)o1)C(N)=O. The Morgan fingerprint density at radius 3 is 2.38 bits per heavy atom. The third-order valence-electron chi connectivity index (χ3n) is 3.08. The summed E-state index contributed by atoms with van der Waals surface area (Å²) in [5, 5.41) is 7.87. The largest absolute Gasteiger partial charge is 0.411 e. The second-order valence-corrected chi connectivity index (χ2v) is 7.15. The Hall–Kier alpha value is -1.82. The van der Waals surface area contributed by atoms with Gasteiger partial charge in [-0.25, -0.2) is 0 Å². The van der Waals surface area contributed by atoms with E-state index in [1.165, 1.54) is 5.56 Å². The van der Waals surface area contributed by atoms with Gasteiger partial charge < -0.3 is 10.2 Å². The van der Waals surface area contributed by atoms with E-state index in [1.54, 1.807) is 6.92 Å². The summed E-state index contributed by atoms with van der Waals surface area (Å²) < 4.78 is 5.55. The fourth-order valence-corrected chi connectivity index (χ4v) is 2.33. The molecule has 0 saturated heterocycles. The van der Waals surface area contributed by atoms with Crippen LogP contribution in [0.5, 0.6) is 0 Å². The number of nitrogens with zero attached hydrogens (tertiary/aromatic N) is 2. The van der Waals surface area contributed by atoms with Gasteiger partial charge in [0.2, 0.25) is 11.8 Å². The zero-order chi connectivity index (χ0) is 15.6. The van der Waals surface area contributed by atoms with Gasteiger partial charge in [-0.15, -0.1) is 10.2 Å². The van der Waals surface area contributed by atoms with Gasteiger partial charge in [0, 0.05) is 5.56 Å². The standard InChI is InChI=1S/C15H19N3O2S/c1-9(12(16)19)21-14-18-17-13(20-14)10-5-7-11(8-6-10)15(2,3)4/h5-9H,1-4H3,(H2,16,19)/t9-/m1/s1. The van der Waals surface area contributed by atoms with E-state index in [9.17, 15) is 4.79 Å². The second kappa shape index (κ2) is 5.89. The highest BCUT2D eigenvalue weighted by Gasteiger charge is 2.17. The van der Waals surface area contributed by atoms with Crippen LogP contribution in [0.15, 0.2) is 33.9 Å². The van der Waals surface area contributed by atoms with Crippen LogP contribution < -0.4 is 5.73 Å². The highest BCUT2D eigenvalue weighted by atomic mass is 32.2. The van der Waals surface area contributed by atoms with E-state index in [0.717, 1.165) is 17.3 Å². The molecule has 0 fully saturated rings. The van der Waals surface area contributed by atoms with Crippen molar-refractivity contribution in [3.63, 3.8) is 0 Å². The molecule has 1 amide bonds. The van der Waals surface area contributed by atoms with E-state index in [0.29, 0.717) is 11.1 Å². The first-order chi connectivity index (χ1) is 9.77. The number of rotatable bonds is 4. The number of thioether (sulfide) groups is 1. The lowest BCUT2D eigenvalue weighted by molar-refractivity contribution is -0.117. The van der Waals surface area contributed by atoms with Crippen LogP contribution in [0.3, 0.4) is 0 Å². The lowest BCUT2D eigenvalue weighted by Gasteiger charge is -2.18. The highest BCUT2D eigenvalue weighted by molar-refractivity contribution is 8.00. The summed E-state index contributed by atoms with van der Waals surface area (Å²) in [5.41, 5.74) is 7.41. The molecule has 0 bridgehead atoms. The van der Waals surface area contributed by atoms with Gasteiger partial charge in [-0.1, -0.05) is 44.7 Å². The second-order valence-electron chi connectivity index (χ2n) is 5.86. The first-order valence-corrected chi connectivity index (χ1v) is 7.56. The molecule has 2 aromatic rings. The normalized spacial score (nSPS) is 13.1. The average Bonchev–Trinajstić information content (AvgIpc) is 2.86. The molecule has 2 rings (SSSR count). The molecule has 6 heteroatoms. The predicted molar refractivity (Wildman–Crippen MR) is 82.9 cm³/mol. The van der Waals surface area contributed by atoms with E-state index in [2.05, 4.69) is 43.1 Å². The fourth-order valence-electron chi connectivity index (χ4n) is 1.70. The molecule has 0 radical (unpaired) electrons. The number of hydrogen-bond donors (Lipinski definition) is 1. The molecule has 1 aromatic carbocycles. The number of benzene rings is 1. The van der Waals surface area contributed by atoms with Crippen molar-refractivity contribution in [2.75, 3.05) is 0 Å². The van der Waals surface area contributed by atoms with E-state index in [4.69, 9.17) is 10.2 Å². The molecule has 0 saturated carbocycles. The number of amides is 1. The smallest absolute Gasteiger partial charge is 0.277 e. The summed E-state index contributed by atoms with van der Waals surface area (Å²) in [6.45, 7) is 8.19. The van der Waals surface area contributed by atoms with Crippen molar-refractivity contribution in [1.29, 1.82) is 0 Å². The van der Waals surface area contributed by atoms with E-state index in [1.807, 2.05) is 12.1 Å². The van der Waals surface area contributed by atoms with Crippen LogP contribution in [0, 0.1) is 0 Å². The van der Waals surface area contributed by atoms with E-state index >= 15 is 0 Å². The highest BCUT2D eigenvalue weighted by Crippen LogP contribution is 2.28. The Balaban J connectivity index is 2.16. The lowest BCUT2D eigenvalue weighted by Crippen LogP contribution is -2.22. The number of carbonyl (C=O) groups is 1. The van der Waals surface area contributed by atoms with Gasteiger partial charge in [0.05, 0.1) is 5.25 Å². The Kier molecular flexibility index (Phi) is 4.37. The molecule has 0 unspecified atom stereocenters. The number of aromatic nitrogens is 2. The van der Waals surface area contributed by atoms with E-state index in [-0.39, 0.29) is 5.41 Å². The van der Waals surface area contributed by atoms with Crippen molar-refractivity contribution in [1.82, 2.24) is 10.2 Å². The van der Waals surface area contributed by atoms with Crippen molar-refractivity contribution in [3.05, 3.63) is 29.8 Å². The topological polar surface area (TPSA) is 82.0 Å². The Morgan fingerprint density at radius 1 is 1.24 bits per heavy atom. The van der Waals surface area contributed by atoms with Crippen LogP contribution >= 0.6 is 11.8 Å². The predicted octanol–water partition coefficient (Wildman–Crippen LogP) is 3.00. The van der Waals surface area contributed by atoms with Crippen molar-refractivity contribution in [3.8, 4) is 11.5 Å². The maximum atomic E-state index is 11.0. The maximum Gasteiger partial charge on any atom is 0.277 e. The third kappa shape index (κ3) is 3.85. The Morgan fingerprint density at radius 2 is 1.86 bits per heavy atom. The van der Waals surface area contributed by atoms with Gasteiger partial charge in [0.15, 0.2) is 0 Å². The van der Waals surface area contributed by atoms with Gasteiger partial charge in [-0.3, -0.25) is 4.79 Å². The van der Waals surface area contributed by atoms with Gasteiger partial charge in [-0.2, -0.15) is 0 Å². The summed E-state index contributed by atoms with van der Waals surface area (Å²) >= 11 is 1.16. The van der Waals surface area contributed by atoms with Crippen LogP contribution in [0.4, 0.5) is 0 Å². The molecule has 1 heterocycles. The number of hydrogen-bond acceptors (Lipinski definition) is 5. The zero-order valence-corrected chi connectivity index (χ0v) is 13.4. The monoisotopic (exact) mass is 305 g/mol. The van der Waals surface area contributed by atoms with Crippen molar-refractivity contribution in [2.24, 2.45) is 5.73 Å². The molecule has 0 aliphatic rings. The van der Waals surface area contributed by atoms with Crippen LogP contribution in [-0.2, 0) is 10.2 Å². The third-order valence-corrected chi connectivity index (χ3v) is 4.04. The first-order valence-electron chi connectivity index (χ1n) is 6.68. The fraction of sp³-hybridized carbons (Fsp3) is 0.400. The van der Waals surface area contributed by atoms with Crippen LogP contribution in [0.1, 0.15) is 33.3 Å². The molecule has 5 nitrogen and oxygen atoms in total. The number of nitrogens with two attached hydrogens (primary N) is 1. The minimum atomic E-state index is -0.408. The molecule has 21 heavy (non-hydrogen) atoms. The molecule has 0 spiro atoms. The summed E-state index contributed by atoms with van der Waals surface area (Å²) in [6, 6.07) is 8.02. The first kappa shape index (κ1) is 15.6. The van der Waals surface area contributed by atoms with Crippen LogP contribution in [0.25, 0.3) is 11.5 Å². The van der Waals surface area contributed by atoms with Crippen LogP contribution in [0.2, 0.25) is 0 Å². The molecule has 1 atom stereocenters. The molecule has 112 valence electrons. The Bertz CT molecular complexity index is 629. The van der Waals surface area contributed by atoms with Crippen molar-refractivity contribution in [2.45, 2.75) is 43.6 Å². The van der Waals surface area contributed by atoms with Gasteiger partial charge in [0.25, 0.3) is 5.22 Å². The minimum absolute atomic E-state index is 0.102. The summed E-state index contributed by atoms with van der Waals surface area (Å²) in [5.74, 6) is 0.0314. The van der Waals surface area contributed by atoms with Gasteiger partial charge in [-0.05, 0) is 30.0 Å². The molecule has 0 aliphatic carbocycles. The quantitative estimate of drug-likeness (QED) is 0.878. The van der Waals surface area contributed by atoms with Gasteiger partial charge >= 0.3 is 0 Å². The molecular formula is C15H19N3O2S. The molecule has 2 N–H and O–H groups in total. The lowest BCUT2D eigenvalue weighted by atomic mass is 9.87. The molecule has 1 aromatic heterocycles. The number of carbonyl (C=O) groups excluding carboxylic acids is 1. The molecular weight excluding hydrogens is 286 g/mol. The summed E-state index contributed by atoms with van der Waals surface area (Å²) in [7, 11) is 0. The molecule has 0 aliphatic heterocycles. The summed E-state index contributed by atoms with van der Waals surface area (Å²) in [4.78, 5) is 11.0. The Labute approximate surface area is 128 Å².